The van der Waals surface area contributed by atoms with Crippen LogP contribution in [0.3, 0.4) is 0 Å². The number of aryl methyl sites for hydroxylation is 3. The quantitative estimate of drug-likeness (QED) is 0.00843. The average Bonchev–Trinajstić information content (AvgIpc) is 1.59. The maximum Gasteiger partial charge on any atom is 0.313 e. The molecule has 4 heterocycles. The first-order valence-electron chi connectivity index (χ1n) is 37.5. The number of phenolic OH excluding ortho intramolecular Hbond substituents is 1. The molecule has 8 atom stereocenters. The second kappa shape index (κ2) is 36.9. The normalized spacial score (nSPS) is 20.2. The molecule has 27 nitrogen and oxygen atoms in total. The maximum absolute atomic E-state index is 12.3. The number of nitrogens with two attached hydrogens (primary N) is 1. The predicted molar refractivity (Wildman–Crippen MR) is 434 cm³/mol. The highest BCUT2D eigenvalue weighted by Crippen LogP contribution is 2.59. The van der Waals surface area contributed by atoms with Crippen molar-refractivity contribution in [1.29, 1.82) is 0 Å². The first kappa shape index (κ1) is 86.7. The summed E-state index contributed by atoms with van der Waals surface area (Å²) in [4.78, 5) is 102. The second-order valence-electron chi connectivity index (χ2n) is 30.8. The molecule has 0 aliphatic heterocycles. The van der Waals surface area contributed by atoms with Gasteiger partial charge in [0, 0.05) is 63.8 Å². The molecular formula is C89H96BN10O17. The third-order valence-corrected chi connectivity index (χ3v) is 21.6. The molecule has 0 spiro atoms. The van der Waals surface area contributed by atoms with Crippen molar-refractivity contribution in [1.82, 2.24) is 46.6 Å². The minimum absolute atomic E-state index is 0. The molecular weight excluding hydrogens is 1490 g/mol. The number of phenols is 1. The summed E-state index contributed by atoms with van der Waals surface area (Å²) in [5, 5.41) is 46.1. The number of hydrogen-bond donors (Lipinski definition) is 9. The topological polar surface area (TPSA) is 398 Å². The fourth-order valence-electron chi connectivity index (χ4n) is 15.3. The van der Waals surface area contributed by atoms with Crippen molar-refractivity contribution >= 4 is 82.7 Å². The number of fused-ring (bicyclic) bond motifs is 3. The Morgan fingerprint density at radius 2 is 0.821 bits per heavy atom. The molecule has 7 aromatic carbocycles. The van der Waals surface area contributed by atoms with Crippen molar-refractivity contribution in [2.45, 2.75) is 131 Å². The van der Waals surface area contributed by atoms with E-state index in [-0.39, 0.29) is 33.5 Å². The number of benzene rings is 7. The van der Waals surface area contributed by atoms with Crippen LogP contribution < -0.4 is 36.4 Å². The molecule has 4 amide bonds. The van der Waals surface area contributed by atoms with Gasteiger partial charge < -0.3 is 39.3 Å². The van der Waals surface area contributed by atoms with Gasteiger partial charge in [-0.25, -0.2) is 21.4 Å². The molecule has 117 heavy (non-hydrogen) atoms. The minimum atomic E-state index is -0.942. The van der Waals surface area contributed by atoms with Crippen molar-refractivity contribution in [2.24, 2.45) is 45.7 Å². The van der Waals surface area contributed by atoms with E-state index < -0.39 is 80.6 Å². The van der Waals surface area contributed by atoms with E-state index in [9.17, 15) is 38.7 Å². The molecule has 4 aliphatic rings. The number of H-pyrrole nitrogens is 1. The van der Waals surface area contributed by atoms with Gasteiger partial charge in [0.05, 0.1) is 70.7 Å². The lowest BCUT2D eigenvalue weighted by atomic mass is 9.92. The molecule has 10 N–H and O–H groups in total. The van der Waals surface area contributed by atoms with Gasteiger partial charge in [0.15, 0.2) is 0 Å². The highest BCUT2D eigenvalue weighted by molar-refractivity contribution is 5.96. The van der Waals surface area contributed by atoms with Gasteiger partial charge in [0.25, 0.3) is 0 Å². The first-order chi connectivity index (χ1) is 55.2. The third-order valence-electron chi connectivity index (χ3n) is 21.6. The van der Waals surface area contributed by atoms with Gasteiger partial charge >= 0.3 is 17.9 Å². The fourth-order valence-corrected chi connectivity index (χ4v) is 15.3. The van der Waals surface area contributed by atoms with E-state index in [2.05, 4.69) is 42.3 Å². The Morgan fingerprint density at radius 1 is 0.479 bits per heavy atom. The van der Waals surface area contributed by atoms with Crippen LogP contribution in [0, 0.1) is 60.7 Å². The molecule has 0 bridgehead atoms. The summed E-state index contributed by atoms with van der Waals surface area (Å²) < 4.78 is 33.2. The van der Waals surface area contributed by atoms with Gasteiger partial charge in [0.2, 0.25) is 23.6 Å². The largest absolute Gasteiger partial charge is 0.508 e. The van der Waals surface area contributed by atoms with Crippen LogP contribution in [-0.2, 0) is 98.7 Å². The predicted octanol–water partition coefficient (Wildman–Crippen LogP) is 12.0. The molecule has 3 radical (unpaired) electrons. The van der Waals surface area contributed by atoms with Crippen LogP contribution in [0.2, 0.25) is 0 Å². The summed E-state index contributed by atoms with van der Waals surface area (Å²) in [5.41, 5.74) is 19.3. The number of aromatic amines is 1. The number of carbonyl (C=O) groups excluding carboxylic acids is 7. The first-order valence-corrected chi connectivity index (χ1v) is 37.5. The number of hydroxylamine groups is 3. The molecule has 4 aliphatic carbocycles. The molecule has 0 saturated heterocycles. The van der Waals surface area contributed by atoms with E-state index in [4.69, 9.17) is 49.8 Å². The number of nitrogens with zero attached hydrogens (tertiary/aromatic N) is 5. The van der Waals surface area contributed by atoms with Crippen LogP contribution in [-0.4, -0.2) is 121 Å². The molecule has 4 unspecified atom stereocenters. The number of methoxy groups -OCH3 is 2. The Hall–Kier alpha value is -12.7. The number of carbonyl (C=O) groups is 7. The highest BCUT2D eigenvalue weighted by atomic mass is 16.6. The monoisotopic (exact) mass is 1590 g/mol. The summed E-state index contributed by atoms with van der Waals surface area (Å²) in [6, 6.07) is 59.4. The van der Waals surface area contributed by atoms with Crippen molar-refractivity contribution in [3.05, 3.63) is 256 Å². The Balaban J connectivity index is 0.000000165. The summed E-state index contributed by atoms with van der Waals surface area (Å²) in [5.74, 6) is -2.30. The fraction of sp³-hybridized carbons (Fsp3) is 0.326. The molecule has 4 saturated carbocycles. The minimum Gasteiger partial charge on any atom is -0.508 e. The number of amides is 4. The zero-order valence-electron chi connectivity index (χ0n) is 65.5. The third kappa shape index (κ3) is 20.2. The number of para-hydroxylation sites is 3. The Bertz CT molecular complexity index is 5390. The van der Waals surface area contributed by atoms with Gasteiger partial charge in [0.1, 0.15) is 60.6 Å². The average molecular weight is 1590 g/mol. The SMILES string of the molecule is C.COC(=O)[C@@]1(Cc2ccc(O)cc2)CC1C(=O)OC(C)(C)C.COC(=O)[C@@]1(Cc2ccc(OCc3cc(C)nc4ccccc34)cc2)CC1C(=O)NO.Cc1cc(COc2ccc(C[C@]3(C(N)=O)CC3C(=O)NO)cc2)c2ccccc2n1.Cc1cc(COc2ccc(C[C@]3(c4ncn[nH]4)CC3C(=O)NO)cc2)c2ccccc2n1.[B]. The molecule has 607 valence electrons. The number of hydrogen-bond acceptors (Lipinski definition) is 22. The lowest BCUT2D eigenvalue weighted by Crippen LogP contribution is -2.33. The van der Waals surface area contributed by atoms with Crippen molar-refractivity contribution in [3.63, 3.8) is 0 Å². The van der Waals surface area contributed by atoms with Crippen LogP contribution >= 0.6 is 0 Å². The van der Waals surface area contributed by atoms with Crippen LogP contribution in [0.4, 0.5) is 0 Å². The van der Waals surface area contributed by atoms with Crippen molar-refractivity contribution in [3.8, 4) is 23.0 Å². The number of nitrogens with one attached hydrogen (secondary N) is 4. The lowest BCUT2D eigenvalue weighted by molar-refractivity contribution is -0.161. The standard InChI is InChI=1S/C24H23N5O3.C24H24N2O5.C23H23N3O4.C17H22O5.CH4.B/c1-15-10-17(19-4-2-3-5-21(19)27-15)13-32-18-8-6-16(7-9-18)11-24(23-25-14-26-28-23)12-20(24)22(30)29-31;1-15-11-17(19-5-3-4-6-21(19)25-15)14-31-18-9-7-16(8-10-18)12-24(23(28)30-2)13-20(24)22(27)26-29;1-14-10-16(18-4-2-3-5-20(18)25-14)13-30-17-8-6-15(7-9-17)11-23(22(24)28)12-19(23)21(27)26-29;1-16(2,3)22-14(19)13-10-17(13,15(20)21-4)9-11-5-7-12(18)8-6-11;;/h2-10,14,20,31H,11-13H2,1H3,(H,29,30)(H,25,26,28);3-11,20,29H,12-14H2,1-2H3,(H,26,27);2-10,19,29H,11-13H2,1H3,(H2,24,28)(H,26,27);5-8,13,18H,9-10H2,1-4H3;1H4;/t2*20?,24-;19?,23-;13?,17-;;/m0000../s1. The number of ether oxygens (including phenoxy) is 6. The highest BCUT2D eigenvalue weighted by Gasteiger charge is 2.67. The lowest BCUT2D eigenvalue weighted by Gasteiger charge is -2.21. The van der Waals surface area contributed by atoms with Gasteiger partial charge in [-0.1, -0.05) is 111 Å². The molecule has 11 aromatic rings. The Kier molecular flexibility index (Phi) is 27.3. The van der Waals surface area contributed by atoms with E-state index in [0.717, 1.165) is 94.5 Å². The molecule has 28 heteroatoms. The van der Waals surface area contributed by atoms with E-state index >= 15 is 0 Å². The van der Waals surface area contributed by atoms with Crippen LogP contribution in [0.5, 0.6) is 23.0 Å². The smallest absolute Gasteiger partial charge is 0.313 e. The molecule has 15 rings (SSSR count). The van der Waals surface area contributed by atoms with Crippen LogP contribution in [0.1, 0.15) is 116 Å². The number of primary amides is 1. The summed E-state index contributed by atoms with van der Waals surface area (Å²) >= 11 is 0. The number of pyridine rings is 3. The van der Waals surface area contributed by atoms with Gasteiger partial charge in [-0.2, -0.15) is 5.10 Å². The van der Waals surface area contributed by atoms with Gasteiger partial charge in [-0.05, 0) is 200 Å². The molecule has 4 fully saturated rings. The van der Waals surface area contributed by atoms with Crippen LogP contribution in [0.15, 0.2) is 194 Å². The number of aromatic nitrogens is 6. The second-order valence-corrected chi connectivity index (χ2v) is 30.8. The van der Waals surface area contributed by atoms with E-state index in [1.807, 2.05) is 172 Å². The van der Waals surface area contributed by atoms with Gasteiger partial charge in [-0.15, -0.1) is 0 Å². The zero-order chi connectivity index (χ0) is 82.0. The Labute approximate surface area is 678 Å². The summed E-state index contributed by atoms with van der Waals surface area (Å²) in [7, 11) is 2.63. The van der Waals surface area contributed by atoms with Gasteiger partial charge in [-0.3, -0.25) is 69.2 Å². The van der Waals surface area contributed by atoms with E-state index in [0.29, 0.717) is 88.5 Å². The maximum atomic E-state index is 12.3. The van der Waals surface area contributed by atoms with E-state index in [1.165, 1.54) is 20.5 Å². The Morgan fingerprint density at radius 3 is 1.19 bits per heavy atom. The van der Waals surface area contributed by atoms with E-state index in [1.54, 1.807) is 61.5 Å². The van der Waals surface area contributed by atoms with Crippen molar-refractivity contribution < 1.29 is 82.7 Å². The molecule has 4 aromatic heterocycles. The number of rotatable bonds is 25. The summed E-state index contributed by atoms with van der Waals surface area (Å²) in [6.45, 7) is 12.6. The summed E-state index contributed by atoms with van der Waals surface area (Å²) in [6.07, 6.45) is 4.83. The van der Waals surface area contributed by atoms with Crippen LogP contribution in [0.25, 0.3) is 32.7 Å². The number of aromatic hydroxyl groups is 1. The zero-order valence-corrected chi connectivity index (χ0v) is 65.5. The van der Waals surface area contributed by atoms with Crippen molar-refractivity contribution in [2.75, 3.05) is 14.2 Å². The number of esters is 3.